The molecule has 0 saturated heterocycles. The van der Waals surface area contributed by atoms with E-state index in [4.69, 9.17) is 9.47 Å². The minimum Gasteiger partial charge on any atom is -0.494 e. The molecule has 2 aromatic carbocycles. The lowest BCUT2D eigenvalue weighted by Crippen LogP contribution is -2.20. The summed E-state index contributed by atoms with van der Waals surface area (Å²) in [6, 6.07) is 11.6. The van der Waals surface area contributed by atoms with Crippen molar-refractivity contribution < 1.29 is 14.3 Å². The van der Waals surface area contributed by atoms with Gasteiger partial charge in [-0.1, -0.05) is 56.7 Å². The second-order valence-electron chi connectivity index (χ2n) is 7.71. The van der Waals surface area contributed by atoms with Gasteiger partial charge in [-0.25, -0.2) is 0 Å². The van der Waals surface area contributed by atoms with Crippen molar-refractivity contribution in [3.8, 4) is 11.5 Å². The normalized spacial score (nSPS) is 10.6. The predicted molar refractivity (Wildman–Crippen MR) is 120 cm³/mol. The van der Waals surface area contributed by atoms with Crippen LogP contribution in [0.4, 0.5) is 5.69 Å². The molecule has 0 radical (unpaired) electrons. The Labute approximate surface area is 175 Å². The van der Waals surface area contributed by atoms with Crippen molar-refractivity contribution in [1.82, 2.24) is 0 Å². The van der Waals surface area contributed by atoms with Crippen molar-refractivity contribution in [1.29, 1.82) is 0 Å². The van der Waals surface area contributed by atoms with E-state index in [2.05, 4.69) is 31.3 Å². The maximum absolute atomic E-state index is 12.2. The van der Waals surface area contributed by atoms with E-state index in [0.717, 1.165) is 41.3 Å². The number of hydrogen-bond acceptors (Lipinski definition) is 3. The van der Waals surface area contributed by atoms with Crippen LogP contribution in [0.5, 0.6) is 11.5 Å². The van der Waals surface area contributed by atoms with E-state index in [1.54, 1.807) is 0 Å². The van der Waals surface area contributed by atoms with Gasteiger partial charge in [0.05, 0.1) is 6.61 Å². The van der Waals surface area contributed by atoms with Crippen molar-refractivity contribution in [2.24, 2.45) is 0 Å². The molecule has 29 heavy (non-hydrogen) atoms. The minimum atomic E-state index is -0.176. The lowest BCUT2D eigenvalue weighted by Gasteiger charge is -2.13. The summed E-state index contributed by atoms with van der Waals surface area (Å²) in [5.74, 6) is 1.44. The fourth-order valence-electron chi connectivity index (χ4n) is 3.44. The van der Waals surface area contributed by atoms with Crippen LogP contribution in [-0.4, -0.2) is 19.1 Å². The van der Waals surface area contributed by atoms with Crippen LogP contribution in [0.3, 0.4) is 0 Å². The maximum atomic E-state index is 12.2. The zero-order valence-electron chi connectivity index (χ0n) is 18.3. The molecule has 0 fully saturated rings. The topological polar surface area (TPSA) is 47.6 Å². The number of benzene rings is 2. The van der Waals surface area contributed by atoms with E-state index in [-0.39, 0.29) is 12.5 Å². The SMILES string of the molecule is CCCCCCCCOc1ccc(NC(=O)COc2c(C)cc(C)cc2C)cc1. The van der Waals surface area contributed by atoms with E-state index in [0.29, 0.717) is 0 Å². The number of carbonyl (C=O) groups excluding carboxylic acids is 1. The molecule has 0 heterocycles. The Kier molecular flexibility index (Phi) is 9.55. The monoisotopic (exact) mass is 397 g/mol. The summed E-state index contributed by atoms with van der Waals surface area (Å²) < 4.78 is 11.5. The quantitative estimate of drug-likeness (QED) is 0.423. The van der Waals surface area contributed by atoms with Gasteiger partial charge in [0.1, 0.15) is 11.5 Å². The number of anilines is 1. The largest absolute Gasteiger partial charge is 0.494 e. The molecule has 0 bridgehead atoms. The van der Waals surface area contributed by atoms with Crippen molar-refractivity contribution >= 4 is 11.6 Å². The summed E-state index contributed by atoms with van der Waals surface area (Å²) >= 11 is 0. The van der Waals surface area contributed by atoms with Gasteiger partial charge in [0.15, 0.2) is 6.61 Å². The first-order valence-corrected chi connectivity index (χ1v) is 10.7. The number of nitrogens with one attached hydrogen (secondary N) is 1. The average molecular weight is 398 g/mol. The Morgan fingerprint density at radius 3 is 2.14 bits per heavy atom. The summed E-state index contributed by atoms with van der Waals surface area (Å²) in [5.41, 5.74) is 4.02. The standard InChI is InChI=1S/C25H35NO3/c1-5-6-7-8-9-10-15-28-23-13-11-22(12-14-23)26-24(27)18-29-25-20(3)16-19(2)17-21(25)4/h11-14,16-17H,5-10,15,18H2,1-4H3,(H,26,27). The highest BCUT2D eigenvalue weighted by Crippen LogP contribution is 2.24. The third kappa shape index (κ3) is 8.18. The molecule has 4 nitrogen and oxygen atoms in total. The summed E-state index contributed by atoms with van der Waals surface area (Å²) in [6.45, 7) is 9.00. The van der Waals surface area contributed by atoms with Crippen molar-refractivity contribution in [3.05, 3.63) is 53.1 Å². The van der Waals surface area contributed by atoms with Gasteiger partial charge in [-0.15, -0.1) is 0 Å². The van der Waals surface area contributed by atoms with Crippen molar-refractivity contribution in [3.63, 3.8) is 0 Å². The minimum absolute atomic E-state index is 0.0129. The van der Waals surface area contributed by atoms with Gasteiger partial charge in [-0.2, -0.15) is 0 Å². The van der Waals surface area contributed by atoms with Gasteiger partial charge in [0.2, 0.25) is 0 Å². The molecule has 0 saturated carbocycles. The molecule has 2 aromatic rings. The molecule has 1 N–H and O–H groups in total. The van der Waals surface area contributed by atoms with Gasteiger partial charge in [-0.05, 0) is 62.6 Å². The molecule has 0 unspecified atom stereocenters. The zero-order chi connectivity index (χ0) is 21.1. The van der Waals surface area contributed by atoms with E-state index in [9.17, 15) is 4.79 Å². The molecule has 0 aromatic heterocycles. The molecular weight excluding hydrogens is 362 g/mol. The summed E-state index contributed by atoms with van der Waals surface area (Å²) in [5, 5.41) is 2.87. The van der Waals surface area contributed by atoms with Gasteiger partial charge < -0.3 is 14.8 Å². The first-order valence-electron chi connectivity index (χ1n) is 10.7. The first kappa shape index (κ1) is 22.8. The van der Waals surface area contributed by atoms with Crippen LogP contribution in [0, 0.1) is 20.8 Å². The summed E-state index contributed by atoms with van der Waals surface area (Å²) in [4.78, 5) is 12.2. The molecular formula is C25H35NO3. The number of ether oxygens (including phenoxy) is 2. The highest BCUT2D eigenvalue weighted by atomic mass is 16.5. The van der Waals surface area contributed by atoms with Crippen LogP contribution < -0.4 is 14.8 Å². The van der Waals surface area contributed by atoms with Crippen LogP contribution in [0.2, 0.25) is 0 Å². The average Bonchev–Trinajstić information content (AvgIpc) is 2.67. The Bertz CT molecular complexity index is 745. The predicted octanol–water partition coefficient (Wildman–Crippen LogP) is 6.37. The molecule has 4 heteroatoms. The van der Waals surface area contributed by atoms with E-state index in [1.807, 2.05) is 38.1 Å². The van der Waals surface area contributed by atoms with Gasteiger partial charge >= 0.3 is 0 Å². The van der Waals surface area contributed by atoms with Crippen LogP contribution >= 0.6 is 0 Å². The first-order chi connectivity index (χ1) is 14.0. The molecule has 0 spiro atoms. The van der Waals surface area contributed by atoms with Gasteiger partial charge in [0, 0.05) is 5.69 Å². The third-order valence-electron chi connectivity index (χ3n) is 4.86. The highest BCUT2D eigenvalue weighted by molar-refractivity contribution is 5.91. The van der Waals surface area contributed by atoms with Crippen LogP contribution in [-0.2, 0) is 4.79 Å². The molecule has 0 aliphatic rings. The Balaban J connectivity index is 1.71. The molecule has 0 aliphatic carbocycles. The summed E-state index contributed by atoms with van der Waals surface area (Å²) in [7, 11) is 0. The summed E-state index contributed by atoms with van der Waals surface area (Å²) in [6.07, 6.45) is 7.50. The molecule has 0 aliphatic heterocycles. The van der Waals surface area contributed by atoms with Crippen LogP contribution in [0.1, 0.15) is 62.1 Å². The Morgan fingerprint density at radius 1 is 0.862 bits per heavy atom. The van der Waals surface area contributed by atoms with Gasteiger partial charge in [0.25, 0.3) is 5.91 Å². The number of rotatable bonds is 12. The Hall–Kier alpha value is -2.49. The fraction of sp³-hybridized carbons (Fsp3) is 0.480. The second kappa shape index (κ2) is 12.2. The molecule has 2 rings (SSSR count). The highest BCUT2D eigenvalue weighted by Gasteiger charge is 2.09. The zero-order valence-corrected chi connectivity index (χ0v) is 18.3. The number of carbonyl (C=O) groups is 1. The smallest absolute Gasteiger partial charge is 0.262 e. The lowest BCUT2D eigenvalue weighted by atomic mass is 10.1. The van der Waals surface area contributed by atoms with Crippen LogP contribution in [0.25, 0.3) is 0 Å². The fourth-order valence-corrected chi connectivity index (χ4v) is 3.44. The number of amides is 1. The Morgan fingerprint density at radius 2 is 1.48 bits per heavy atom. The van der Waals surface area contributed by atoms with Crippen molar-refractivity contribution in [2.45, 2.75) is 66.2 Å². The molecule has 0 atom stereocenters. The number of aryl methyl sites for hydroxylation is 3. The number of unbranched alkanes of at least 4 members (excludes halogenated alkanes) is 5. The van der Waals surface area contributed by atoms with Gasteiger partial charge in [-0.3, -0.25) is 4.79 Å². The number of hydrogen-bond donors (Lipinski definition) is 1. The maximum Gasteiger partial charge on any atom is 0.262 e. The molecule has 158 valence electrons. The van der Waals surface area contributed by atoms with E-state index >= 15 is 0 Å². The van der Waals surface area contributed by atoms with Crippen molar-refractivity contribution in [2.75, 3.05) is 18.5 Å². The van der Waals surface area contributed by atoms with E-state index < -0.39 is 0 Å². The van der Waals surface area contributed by atoms with E-state index in [1.165, 1.54) is 37.7 Å². The second-order valence-corrected chi connectivity index (χ2v) is 7.71. The molecule has 1 amide bonds. The van der Waals surface area contributed by atoms with Crippen LogP contribution in [0.15, 0.2) is 36.4 Å². The lowest BCUT2D eigenvalue weighted by molar-refractivity contribution is -0.118. The third-order valence-corrected chi connectivity index (χ3v) is 4.86.